The van der Waals surface area contributed by atoms with Gasteiger partial charge >= 0.3 is 0 Å². The molecule has 2 aromatic rings. The van der Waals surface area contributed by atoms with Gasteiger partial charge in [0.05, 0.1) is 6.61 Å². The molecule has 0 saturated carbocycles. The zero-order chi connectivity index (χ0) is 12.2. The summed E-state index contributed by atoms with van der Waals surface area (Å²) in [6, 6.07) is 10.8. The molecule has 1 N–H and O–H groups in total. The molecule has 94 valence electrons. The van der Waals surface area contributed by atoms with Gasteiger partial charge in [-0.3, -0.25) is 0 Å². The molecular weight excluding hydrogens is 242 g/mol. The maximum Gasteiger partial charge on any atom is 0.122 e. The summed E-state index contributed by atoms with van der Waals surface area (Å²) in [7, 11) is 0. The number of benzene rings is 1. The van der Waals surface area contributed by atoms with Crippen LogP contribution in [0.2, 0.25) is 0 Å². The molecule has 3 rings (SSSR count). The Bertz CT molecular complexity index is 507. The van der Waals surface area contributed by atoms with Crippen LogP contribution in [0.25, 0.3) is 0 Å². The average Bonchev–Trinajstić information content (AvgIpc) is 2.92. The van der Waals surface area contributed by atoms with E-state index in [-0.39, 0.29) is 0 Å². The molecule has 3 heteroatoms. The summed E-state index contributed by atoms with van der Waals surface area (Å²) in [5.41, 5.74) is 2.70. The fraction of sp³-hybridized carbons (Fsp3) is 0.333. The molecule has 1 aliphatic heterocycles. The molecular formula is C15H17NOS. The highest BCUT2D eigenvalue weighted by Gasteiger charge is 2.10. The number of ether oxygens (including phenoxy) is 1. The van der Waals surface area contributed by atoms with Crippen molar-refractivity contribution in [3.63, 3.8) is 0 Å². The fourth-order valence-electron chi connectivity index (χ4n) is 2.27. The van der Waals surface area contributed by atoms with Crippen LogP contribution in [-0.2, 0) is 19.5 Å². The molecule has 0 unspecified atom stereocenters. The third-order valence-electron chi connectivity index (χ3n) is 3.18. The van der Waals surface area contributed by atoms with Crippen LogP contribution in [0.5, 0.6) is 5.75 Å². The molecule has 2 nitrogen and oxygen atoms in total. The Kier molecular flexibility index (Phi) is 3.62. The molecule has 0 atom stereocenters. The summed E-state index contributed by atoms with van der Waals surface area (Å²) < 4.78 is 5.62. The number of thiophene rings is 1. The lowest BCUT2D eigenvalue weighted by Gasteiger charge is -2.18. The SMILES string of the molecule is c1csc(CNCc2ccc3c(c2)CCCO3)c1. The van der Waals surface area contributed by atoms with E-state index in [1.54, 1.807) is 11.3 Å². The van der Waals surface area contributed by atoms with Gasteiger partial charge in [-0.25, -0.2) is 0 Å². The Morgan fingerprint density at radius 3 is 3.11 bits per heavy atom. The maximum atomic E-state index is 5.62. The number of aryl methyl sites for hydroxylation is 1. The topological polar surface area (TPSA) is 21.3 Å². The van der Waals surface area contributed by atoms with Gasteiger partial charge in [0.1, 0.15) is 5.75 Å². The van der Waals surface area contributed by atoms with Crippen LogP contribution in [0.3, 0.4) is 0 Å². The van der Waals surface area contributed by atoms with Gasteiger partial charge < -0.3 is 10.1 Å². The molecule has 0 fully saturated rings. The van der Waals surface area contributed by atoms with Crippen molar-refractivity contribution in [3.05, 3.63) is 51.7 Å². The van der Waals surface area contributed by atoms with E-state index in [2.05, 4.69) is 41.0 Å². The van der Waals surface area contributed by atoms with E-state index in [1.165, 1.54) is 16.0 Å². The second-order valence-electron chi connectivity index (χ2n) is 4.58. The van der Waals surface area contributed by atoms with Gasteiger partial charge in [-0.15, -0.1) is 11.3 Å². The van der Waals surface area contributed by atoms with Crippen molar-refractivity contribution in [2.75, 3.05) is 6.61 Å². The number of rotatable bonds is 4. The van der Waals surface area contributed by atoms with Crippen molar-refractivity contribution in [3.8, 4) is 5.75 Å². The van der Waals surface area contributed by atoms with Crippen LogP contribution in [0.15, 0.2) is 35.7 Å². The van der Waals surface area contributed by atoms with Crippen LogP contribution in [0.1, 0.15) is 22.4 Å². The van der Waals surface area contributed by atoms with Crippen LogP contribution in [-0.4, -0.2) is 6.61 Å². The van der Waals surface area contributed by atoms with Crippen molar-refractivity contribution < 1.29 is 4.74 Å². The normalized spacial score (nSPS) is 14.0. The van der Waals surface area contributed by atoms with Crippen molar-refractivity contribution in [2.24, 2.45) is 0 Å². The molecule has 18 heavy (non-hydrogen) atoms. The largest absolute Gasteiger partial charge is 0.493 e. The van der Waals surface area contributed by atoms with E-state index >= 15 is 0 Å². The van der Waals surface area contributed by atoms with Gasteiger partial charge in [-0.1, -0.05) is 18.2 Å². The van der Waals surface area contributed by atoms with Gasteiger partial charge in [0.25, 0.3) is 0 Å². The second kappa shape index (κ2) is 5.55. The monoisotopic (exact) mass is 259 g/mol. The Labute approximate surface area is 112 Å². The van der Waals surface area contributed by atoms with Gasteiger partial charge in [0.15, 0.2) is 0 Å². The Morgan fingerprint density at radius 2 is 2.22 bits per heavy atom. The predicted molar refractivity (Wildman–Crippen MR) is 75.1 cm³/mol. The second-order valence-corrected chi connectivity index (χ2v) is 5.61. The lowest BCUT2D eigenvalue weighted by atomic mass is 10.0. The predicted octanol–water partition coefficient (Wildman–Crippen LogP) is 3.36. The zero-order valence-corrected chi connectivity index (χ0v) is 11.1. The number of hydrogen-bond acceptors (Lipinski definition) is 3. The molecule has 1 aliphatic rings. The molecule has 0 saturated heterocycles. The van der Waals surface area contributed by atoms with Crippen LogP contribution in [0, 0.1) is 0 Å². The maximum absolute atomic E-state index is 5.62. The lowest BCUT2D eigenvalue weighted by Crippen LogP contribution is -2.13. The smallest absolute Gasteiger partial charge is 0.122 e. The summed E-state index contributed by atoms with van der Waals surface area (Å²) in [6.45, 7) is 2.74. The van der Waals surface area contributed by atoms with Crippen molar-refractivity contribution in [2.45, 2.75) is 25.9 Å². The number of hydrogen-bond donors (Lipinski definition) is 1. The van der Waals surface area contributed by atoms with E-state index in [0.717, 1.165) is 38.3 Å². The third kappa shape index (κ3) is 2.74. The lowest BCUT2D eigenvalue weighted by molar-refractivity contribution is 0.288. The molecule has 0 bridgehead atoms. The van der Waals surface area contributed by atoms with Gasteiger partial charge in [-0.2, -0.15) is 0 Å². The summed E-state index contributed by atoms with van der Waals surface area (Å²) in [4.78, 5) is 1.39. The Hall–Kier alpha value is -1.32. The highest BCUT2D eigenvalue weighted by atomic mass is 32.1. The highest BCUT2D eigenvalue weighted by molar-refractivity contribution is 7.09. The quantitative estimate of drug-likeness (QED) is 0.909. The molecule has 2 heterocycles. The summed E-state index contributed by atoms with van der Waals surface area (Å²) in [5, 5.41) is 5.60. The summed E-state index contributed by atoms with van der Waals surface area (Å²) in [5.74, 6) is 1.07. The minimum Gasteiger partial charge on any atom is -0.493 e. The minimum absolute atomic E-state index is 0.864. The van der Waals surface area contributed by atoms with E-state index in [1.807, 2.05) is 0 Å². The number of nitrogens with one attached hydrogen (secondary N) is 1. The van der Waals surface area contributed by atoms with Crippen LogP contribution < -0.4 is 10.1 Å². The molecule has 1 aromatic heterocycles. The molecule has 0 spiro atoms. The van der Waals surface area contributed by atoms with Crippen LogP contribution in [0.4, 0.5) is 0 Å². The van der Waals surface area contributed by atoms with E-state index in [4.69, 9.17) is 4.74 Å². The number of fused-ring (bicyclic) bond motifs is 1. The molecule has 0 amide bonds. The Balaban J connectivity index is 1.59. The zero-order valence-electron chi connectivity index (χ0n) is 10.3. The fourth-order valence-corrected chi connectivity index (χ4v) is 2.94. The van der Waals surface area contributed by atoms with E-state index < -0.39 is 0 Å². The van der Waals surface area contributed by atoms with Gasteiger partial charge in [0, 0.05) is 18.0 Å². The van der Waals surface area contributed by atoms with Crippen LogP contribution >= 0.6 is 11.3 Å². The van der Waals surface area contributed by atoms with E-state index in [0.29, 0.717) is 0 Å². The molecule has 0 radical (unpaired) electrons. The average molecular weight is 259 g/mol. The Morgan fingerprint density at radius 1 is 1.22 bits per heavy atom. The first-order valence-corrected chi connectivity index (χ1v) is 7.27. The first-order chi connectivity index (χ1) is 8.92. The summed E-state index contributed by atoms with van der Waals surface area (Å²) >= 11 is 1.80. The van der Waals surface area contributed by atoms with Gasteiger partial charge in [-0.05, 0) is 41.5 Å². The van der Waals surface area contributed by atoms with Crippen molar-refractivity contribution >= 4 is 11.3 Å². The first-order valence-electron chi connectivity index (χ1n) is 6.39. The first kappa shape index (κ1) is 11.8. The minimum atomic E-state index is 0.864. The third-order valence-corrected chi connectivity index (χ3v) is 4.06. The summed E-state index contributed by atoms with van der Waals surface area (Å²) in [6.07, 6.45) is 2.28. The van der Waals surface area contributed by atoms with Gasteiger partial charge in [0.2, 0.25) is 0 Å². The standard InChI is InChI=1S/C15H17NOS/c1-3-13-9-12(5-6-15(13)17-7-1)10-16-11-14-4-2-8-18-14/h2,4-6,8-9,16H,1,3,7,10-11H2. The molecule has 0 aliphatic carbocycles. The van der Waals surface area contributed by atoms with Crippen molar-refractivity contribution in [1.82, 2.24) is 5.32 Å². The molecule has 1 aromatic carbocycles. The highest BCUT2D eigenvalue weighted by Crippen LogP contribution is 2.25. The van der Waals surface area contributed by atoms with E-state index in [9.17, 15) is 0 Å². The van der Waals surface area contributed by atoms with Crippen molar-refractivity contribution in [1.29, 1.82) is 0 Å².